The molecule has 0 amide bonds. The Balaban J connectivity index is 2.34. The number of nitrogens with two attached hydrogens (primary N) is 1. The summed E-state index contributed by atoms with van der Waals surface area (Å²) < 4.78 is 1.61. The highest BCUT2D eigenvalue weighted by Crippen LogP contribution is 2.31. The third-order valence-corrected chi connectivity index (χ3v) is 3.44. The lowest BCUT2D eigenvalue weighted by atomic mass is 10.2. The molecule has 1 aromatic heterocycles. The monoisotopic (exact) mass is 326 g/mol. The van der Waals surface area contributed by atoms with Crippen LogP contribution in [0.3, 0.4) is 0 Å². The summed E-state index contributed by atoms with van der Waals surface area (Å²) in [5.41, 5.74) is 6.35. The molecule has 7 heteroatoms. The number of hydrogen-bond donors (Lipinski definition) is 2. The second-order valence-electron chi connectivity index (χ2n) is 5.11. The van der Waals surface area contributed by atoms with Gasteiger partial charge in [0.25, 0.3) is 5.56 Å². The van der Waals surface area contributed by atoms with Crippen molar-refractivity contribution in [1.29, 1.82) is 0 Å². The third kappa shape index (κ3) is 3.68. The smallest absolute Gasteiger partial charge is 0.293 e. The summed E-state index contributed by atoms with van der Waals surface area (Å²) in [6.07, 6.45) is 3.24. The lowest BCUT2D eigenvalue weighted by Gasteiger charge is -2.11. The van der Waals surface area contributed by atoms with Crippen LogP contribution in [0.25, 0.3) is 0 Å². The third-order valence-electron chi connectivity index (χ3n) is 2.82. The first-order valence-electron chi connectivity index (χ1n) is 6.45. The largest absolute Gasteiger partial charge is 0.396 e. The number of benzene rings is 1. The maximum Gasteiger partial charge on any atom is 0.293 e. The topological polar surface area (TPSA) is 72.9 Å². The maximum atomic E-state index is 12.3. The Morgan fingerprint density at radius 3 is 2.52 bits per heavy atom. The molecule has 2 aromatic rings. The number of halogens is 2. The van der Waals surface area contributed by atoms with Gasteiger partial charge < -0.3 is 15.6 Å². The fourth-order valence-corrected chi connectivity index (χ4v) is 2.35. The second kappa shape index (κ2) is 6.37. The van der Waals surface area contributed by atoms with Crippen LogP contribution in [0, 0.1) is 5.92 Å². The van der Waals surface area contributed by atoms with E-state index < -0.39 is 0 Å². The number of nitrogens with one attached hydrogen (secondary N) is 1. The lowest BCUT2D eigenvalue weighted by molar-refractivity contribution is 0.510. The number of nitrogen functional groups attached to an aromatic ring is 1. The van der Waals surface area contributed by atoms with Gasteiger partial charge in [0.05, 0.1) is 15.7 Å². The molecule has 0 saturated heterocycles. The van der Waals surface area contributed by atoms with E-state index in [9.17, 15) is 4.79 Å². The Morgan fingerprint density at radius 1 is 1.33 bits per heavy atom. The van der Waals surface area contributed by atoms with Crippen LogP contribution >= 0.6 is 23.2 Å². The van der Waals surface area contributed by atoms with Gasteiger partial charge in [0.2, 0.25) is 0 Å². The average molecular weight is 327 g/mol. The highest BCUT2D eigenvalue weighted by molar-refractivity contribution is 6.39. The van der Waals surface area contributed by atoms with Gasteiger partial charge in [0, 0.05) is 24.6 Å². The van der Waals surface area contributed by atoms with Gasteiger partial charge in [0.1, 0.15) is 0 Å². The maximum absolute atomic E-state index is 12.3. The van der Waals surface area contributed by atoms with Gasteiger partial charge in [-0.25, -0.2) is 4.98 Å². The molecule has 0 spiro atoms. The van der Waals surface area contributed by atoms with Gasteiger partial charge in [-0.15, -0.1) is 0 Å². The molecule has 0 unspecified atom stereocenters. The van der Waals surface area contributed by atoms with Crippen molar-refractivity contribution in [3.8, 4) is 0 Å². The molecule has 0 aliphatic rings. The highest BCUT2D eigenvalue weighted by atomic mass is 35.5. The predicted octanol–water partition coefficient (Wildman–Crippen LogP) is 3.53. The minimum atomic E-state index is -0.199. The fourth-order valence-electron chi connectivity index (χ4n) is 1.86. The zero-order chi connectivity index (χ0) is 15.6. The van der Waals surface area contributed by atoms with Crippen molar-refractivity contribution in [2.24, 2.45) is 5.92 Å². The zero-order valence-electron chi connectivity index (χ0n) is 11.7. The molecule has 0 bridgehead atoms. The summed E-state index contributed by atoms with van der Waals surface area (Å²) in [7, 11) is 0. The minimum absolute atomic E-state index is 0.199. The summed E-state index contributed by atoms with van der Waals surface area (Å²) in [5, 5.41) is 3.57. The first-order chi connectivity index (χ1) is 9.88. The Bertz CT molecular complexity index is 689. The molecular weight excluding hydrogens is 311 g/mol. The number of aromatic nitrogens is 2. The van der Waals surface area contributed by atoms with Crippen LogP contribution in [-0.2, 0) is 6.54 Å². The number of rotatable bonds is 4. The second-order valence-corrected chi connectivity index (χ2v) is 5.92. The lowest BCUT2D eigenvalue weighted by Crippen LogP contribution is -2.25. The van der Waals surface area contributed by atoms with Gasteiger partial charge in [-0.3, -0.25) is 4.79 Å². The van der Waals surface area contributed by atoms with E-state index in [0.29, 0.717) is 33.9 Å². The van der Waals surface area contributed by atoms with Gasteiger partial charge in [-0.05, 0) is 18.1 Å². The van der Waals surface area contributed by atoms with Crippen molar-refractivity contribution >= 4 is 40.4 Å². The molecular formula is C14H16Cl2N4O. The first-order valence-corrected chi connectivity index (χ1v) is 7.21. The molecule has 0 fully saturated rings. The molecule has 21 heavy (non-hydrogen) atoms. The Morgan fingerprint density at radius 2 is 1.95 bits per heavy atom. The first kappa shape index (κ1) is 15.7. The van der Waals surface area contributed by atoms with Crippen LogP contribution in [0.5, 0.6) is 0 Å². The standard InChI is InChI=1S/C14H16Cl2N4O/c1-8(2)7-20-4-3-18-13(14(20)21)19-9-5-10(15)12(17)11(16)6-9/h3-6,8H,7,17H2,1-2H3,(H,18,19). The van der Waals surface area contributed by atoms with E-state index in [-0.39, 0.29) is 11.4 Å². The summed E-state index contributed by atoms with van der Waals surface area (Å²) in [4.78, 5) is 16.4. The van der Waals surface area contributed by atoms with E-state index in [1.807, 2.05) is 13.8 Å². The fraction of sp³-hybridized carbons (Fsp3) is 0.286. The molecule has 0 aliphatic heterocycles. The SMILES string of the molecule is CC(C)Cn1ccnc(Nc2cc(Cl)c(N)c(Cl)c2)c1=O. The molecule has 0 radical (unpaired) electrons. The predicted molar refractivity (Wildman–Crippen MR) is 87.5 cm³/mol. The Labute approximate surface area is 132 Å². The van der Waals surface area contributed by atoms with E-state index in [0.717, 1.165) is 0 Å². The zero-order valence-corrected chi connectivity index (χ0v) is 13.2. The van der Waals surface area contributed by atoms with Crippen LogP contribution < -0.4 is 16.6 Å². The molecule has 2 rings (SSSR count). The van der Waals surface area contributed by atoms with Crippen molar-refractivity contribution in [1.82, 2.24) is 9.55 Å². The summed E-state index contributed by atoms with van der Waals surface area (Å²) >= 11 is 11.9. The molecule has 1 heterocycles. The van der Waals surface area contributed by atoms with E-state index in [1.54, 1.807) is 29.1 Å². The number of anilines is 3. The number of hydrogen-bond acceptors (Lipinski definition) is 4. The van der Waals surface area contributed by atoms with Crippen molar-refractivity contribution in [2.45, 2.75) is 20.4 Å². The quantitative estimate of drug-likeness (QED) is 0.843. The molecule has 0 saturated carbocycles. The van der Waals surface area contributed by atoms with Gasteiger partial charge >= 0.3 is 0 Å². The Kier molecular flexibility index (Phi) is 4.75. The highest BCUT2D eigenvalue weighted by Gasteiger charge is 2.09. The molecule has 3 N–H and O–H groups in total. The molecule has 5 nitrogen and oxygen atoms in total. The normalized spacial score (nSPS) is 10.9. The van der Waals surface area contributed by atoms with Crippen molar-refractivity contribution in [3.63, 3.8) is 0 Å². The van der Waals surface area contributed by atoms with Crippen molar-refractivity contribution in [3.05, 3.63) is 44.9 Å². The van der Waals surface area contributed by atoms with Crippen LogP contribution in [0.4, 0.5) is 17.2 Å². The van der Waals surface area contributed by atoms with Crippen molar-refractivity contribution < 1.29 is 0 Å². The molecule has 0 atom stereocenters. The minimum Gasteiger partial charge on any atom is -0.396 e. The Hall–Kier alpha value is -1.72. The van der Waals surface area contributed by atoms with Crippen molar-refractivity contribution in [2.75, 3.05) is 11.1 Å². The molecule has 112 valence electrons. The summed E-state index contributed by atoms with van der Waals surface area (Å²) in [6.45, 7) is 4.71. The van der Waals surface area contributed by atoms with Gasteiger partial charge in [-0.1, -0.05) is 37.0 Å². The van der Waals surface area contributed by atoms with Crippen LogP contribution in [0.15, 0.2) is 29.3 Å². The van der Waals surface area contributed by atoms with E-state index >= 15 is 0 Å². The van der Waals surface area contributed by atoms with E-state index in [1.165, 1.54) is 0 Å². The van der Waals surface area contributed by atoms with Crippen LogP contribution in [-0.4, -0.2) is 9.55 Å². The summed E-state index contributed by atoms with van der Waals surface area (Å²) in [6, 6.07) is 3.20. The molecule has 0 aliphatic carbocycles. The molecule has 1 aromatic carbocycles. The van der Waals surface area contributed by atoms with Gasteiger partial charge in [-0.2, -0.15) is 0 Å². The van der Waals surface area contributed by atoms with E-state index in [4.69, 9.17) is 28.9 Å². The van der Waals surface area contributed by atoms with Crippen LogP contribution in [0.1, 0.15) is 13.8 Å². The van der Waals surface area contributed by atoms with E-state index in [2.05, 4.69) is 10.3 Å². The summed E-state index contributed by atoms with van der Waals surface area (Å²) in [5.74, 6) is 0.577. The van der Waals surface area contributed by atoms with Gasteiger partial charge in [0.15, 0.2) is 5.82 Å². The number of nitrogens with zero attached hydrogens (tertiary/aromatic N) is 2. The average Bonchev–Trinajstić information content (AvgIpc) is 2.40. The van der Waals surface area contributed by atoms with Crippen LogP contribution in [0.2, 0.25) is 10.0 Å².